The van der Waals surface area contributed by atoms with E-state index in [1.807, 2.05) is 24.1 Å². The van der Waals surface area contributed by atoms with Crippen LogP contribution in [0.25, 0.3) is 0 Å². The van der Waals surface area contributed by atoms with Crippen molar-refractivity contribution < 1.29 is 4.74 Å². The molecule has 0 spiro atoms. The first-order valence-electron chi connectivity index (χ1n) is 9.76. The lowest BCUT2D eigenvalue weighted by molar-refractivity contribution is -0.00804. The molecule has 1 aromatic heterocycles. The van der Waals surface area contributed by atoms with Gasteiger partial charge in [0.1, 0.15) is 6.10 Å². The Balaban J connectivity index is 0.00000280. The zero-order valence-corrected chi connectivity index (χ0v) is 19.6. The third kappa shape index (κ3) is 5.94. The molecule has 2 aromatic rings. The molecule has 3 rings (SSSR count). The average Bonchev–Trinajstić information content (AvgIpc) is 3.12. The fraction of sp³-hybridized carbons (Fsp3) is 0.524. The van der Waals surface area contributed by atoms with Crippen LogP contribution >= 0.6 is 24.0 Å². The highest BCUT2D eigenvalue weighted by Crippen LogP contribution is 2.22. The van der Waals surface area contributed by atoms with Crippen LogP contribution in [0.2, 0.25) is 0 Å². The van der Waals surface area contributed by atoms with E-state index in [-0.39, 0.29) is 30.1 Å². The number of morpholine rings is 1. The number of aliphatic imine (C=N–C) groups is 1. The smallest absolute Gasteiger partial charge is 0.194 e. The first-order chi connectivity index (χ1) is 13.1. The predicted molar refractivity (Wildman–Crippen MR) is 124 cm³/mol. The second-order valence-corrected chi connectivity index (χ2v) is 7.26. The third-order valence-electron chi connectivity index (χ3n) is 4.96. The number of aromatic nitrogens is 2. The van der Waals surface area contributed by atoms with Gasteiger partial charge in [-0.25, -0.2) is 0 Å². The summed E-state index contributed by atoms with van der Waals surface area (Å²) >= 11 is 0. The summed E-state index contributed by atoms with van der Waals surface area (Å²) in [6.45, 7) is 10.4. The van der Waals surface area contributed by atoms with Crippen molar-refractivity contribution in [1.82, 2.24) is 20.0 Å². The Kier molecular flexibility index (Phi) is 8.75. The molecule has 2 atom stereocenters. The zero-order valence-electron chi connectivity index (χ0n) is 17.3. The van der Waals surface area contributed by atoms with Crippen LogP contribution in [0.1, 0.15) is 42.6 Å². The van der Waals surface area contributed by atoms with Gasteiger partial charge in [0.2, 0.25) is 0 Å². The molecule has 1 saturated heterocycles. The molecule has 2 heterocycles. The van der Waals surface area contributed by atoms with Crippen LogP contribution in [0.3, 0.4) is 0 Å². The summed E-state index contributed by atoms with van der Waals surface area (Å²) in [5.41, 5.74) is 3.74. The maximum Gasteiger partial charge on any atom is 0.194 e. The van der Waals surface area contributed by atoms with Crippen LogP contribution in [0, 0.1) is 6.92 Å². The lowest BCUT2D eigenvalue weighted by Crippen LogP contribution is -2.48. The molecule has 0 bridgehead atoms. The van der Waals surface area contributed by atoms with E-state index < -0.39 is 0 Å². The van der Waals surface area contributed by atoms with E-state index in [0.717, 1.165) is 37.7 Å². The molecule has 28 heavy (non-hydrogen) atoms. The topological polar surface area (TPSA) is 54.7 Å². The first kappa shape index (κ1) is 22.7. The maximum absolute atomic E-state index is 5.96. The Bertz CT molecular complexity index is 758. The molecule has 0 saturated carbocycles. The predicted octanol–water partition coefficient (Wildman–Crippen LogP) is 3.49. The van der Waals surface area contributed by atoms with Crippen molar-refractivity contribution in [2.75, 3.05) is 32.8 Å². The minimum atomic E-state index is 0. The van der Waals surface area contributed by atoms with Crippen molar-refractivity contribution >= 4 is 29.9 Å². The van der Waals surface area contributed by atoms with E-state index in [1.165, 1.54) is 11.1 Å². The van der Waals surface area contributed by atoms with Crippen LogP contribution in [-0.2, 0) is 11.8 Å². The van der Waals surface area contributed by atoms with Gasteiger partial charge in [0.05, 0.1) is 19.3 Å². The third-order valence-corrected chi connectivity index (χ3v) is 4.96. The van der Waals surface area contributed by atoms with Crippen molar-refractivity contribution in [2.45, 2.75) is 32.8 Å². The molecular weight excluding hydrogens is 465 g/mol. The minimum Gasteiger partial charge on any atom is -0.370 e. The molecule has 1 aliphatic rings. The van der Waals surface area contributed by atoms with E-state index in [2.05, 4.69) is 60.4 Å². The van der Waals surface area contributed by atoms with Crippen molar-refractivity contribution in [3.05, 3.63) is 53.3 Å². The minimum absolute atomic E-state index is 0. The number of rotatable bonds is 5. The van der Waals surface area contributed by atoms with Crippen molar-refractivity contribution in [2.24, 2.45) is 12.0 Å². The van der Waals surface area contributed by atoms with Gasteiger partial charge >= 0.3 is 0 Å². The van der Waals surface area contributed by atoms with Gasteiger partial charge in [-0.15, -0.1) is 24.0 Å². The van der Waals surface area contributed by atoms with Crippen LogP contribution in [-0.4, -0.2) is 53.4 Å². The lowest BCUT2D eigenvalue weighted by Gasteiger charge is -2.35. The molecule has 0 amide bonds. The van der Waals surface area contributed by atoms with Gasteiger partial charge in [0.15, 0.2) is 5.96 Å². The van der Waals surface area contributed by atoms with E-state index >= 15 is 0 Å². The fourth-order valence-electron chi connectivity index (χ4n) is 3.30. The molecule has 2 unspecified atom stereocenters. The second-order valence-electron chi connectivity index (χ2n) is 7.26. The number of ether oxygens (including phenoxy) is 1. The highest BCUT2D eigenvalue weighted by Gasteiger charge is 2.25. The number of halogens is 1. The van der Waals surface area contributed by atoms with E-state index in [9.17, 15) is 0 Å². The number of guanidine groups is 1. The number of nitrogens with one attached hydrogen (secondary N) is 1. The molecule has 1 aliphatic heterocycles. The number of hydrogen-bond donors (Lipinski definition) is 1. The summed E-state index contributed by atoms with van der Waals surface area (Å²) in [4.78, 5) is 7.22. The quantitative estimate of drug-likeness (QED) is 0.391. The Hall–Kier alpha value is -1.61. The normalized spacial score (nSPS) is 18.5. The molecule has 0 radical (unpaired) electrons. The fourth-order valence-corrected chi connectivity index (χ4v) is 3.30. The monoisotopic (exact) mass is 497 g/mol. The molecule has 154 valence electrons. The zero-order chi connectivity index (χ0) is 19.2. The molecule has 1 aromatic carbocycles. The average molecular weight is 497 g/mol. The van der Waals surface area contributed by atoms with Crippen LogP contribution in [0.5, 0.6) is 0 Å². The Morgan fingerprint density at radius 1 is 1.36 bits per heavy atom. The van der Waals surface area contributed by atoms with E-state index in [1.54, 1.807) is 0 Å². The van der Waals surface area contributed by atoms with Crippen molar-refractivity contribution in [3.8, 4) is 0 Å². The molecule has 7 heteroatoms. The SMILES string of the molecule is CCNC(=NCC(C)c1ccc(C)cc1)N1CCOC(c2cnn(C)c2)C1.I. The van der Waals surface area contributed by atoms with Gasteiger partial charge < -0.3 is 15.0 Å². The van der Waals surface area contributed by atoms with Gasteiger partial charge in [-0.3, -0.25) is 9.67 Å². The Labute approximate surface area is 185 Å². The summed E-state index contributed by atoms with van der Waals surface area (Å²) in [6.07, 6.45) is 3.95. The van der Waals surface area contributed by atoms with Crippen LogP contribution in [0.4, 0.5) is 0 Å². The first-order valence-corrected chi connectivity index (χ1v) is 9.76. The summed E-state index contributed by atoms with van der Waals surface area (Å²) < 4.78 is 7.78. The van der Waals surface area contributed by atoms with Gasteiger partial charge in [-0.05, 0) is 19.4 Å². The number of aryl methyl sites for hydroxylation is 2. The lowest BCUT2D eigenvalue weighted by atomic mass is 10.0. The summed E-state index contributed by atoms with van der Waals surface area (Å²) in [7, 11) is 1.93. The highest BCUT2D eigenvalue weighted by atomic mass is 127. The molecular formula is C21H32IN5O. The van der Waals surface area contributed by atoms with Gasteiger partial charge in [-0.2, -0.15) is 5.10 Å². The van der Waals surface area contributed by atoms with E-state index in [0.29, 0.717) is 12.5 Å². The largest absolute Gasteiger partial charge is 0.370 e. The molecule has 0 aliphatic carbocycles. The summed E-state index contributed by atoms with van der Waals surface area (Å²) in [6, 6.07) is 8.74. The Morgan fingerprint density at radius 2 is 2.11 bits per heavy atom. The molecule has 6 nitrogen and oxygen atoms in total. The summed E-state index contributed by atoms with van der Waals surface area (Å²) in [5.74, 6) is 1.35. The van der Waals surface area contributed by atoms with Crippen molar-refractivity contribution in [1.29, 1.82) is 0 Å². The van der Waals surface area contributed by atoms with Crippen LogP contribution in [0.15, 0.2) is 41.7 Å². The second kappa shape index (κ2) is 10.8. The summed E-state index contributed by atoms with van der Waals surface area (Å²) in [5, 5.41) is 7.71. The van der Waals surface area contributed by atoms with Crippen LogP contribution < -0.4 is 5.32 Å². The number of hydrogen-bond acceptors (Lipinski definition) is 3. The maximum atomic E-state index is 5.96. The van der Waals surface area contributed by atoms with Gasteiger partial charge in [-0.1, -0.05) is 36.8 Å². The molecule has 1 N–H and O–H groups in total. The highest BCUT2D eigenvalue weighted by molar-refractivity contribution is 14.0. The number of benzene rings is 1. The number of nitrogens with zero attached hydrogens (tertiary/aromatic N) is 4. The Morgan fingerprint density at radius 3 is 2.75 bits per heavy atom. The van der Waals surface area contributed by atoms with E-state index in [4.69, 9.17) is 9.73 Å². The standard InChI is InChI=1S/C21H31N5O.HI/c1-5-22-21(23-12-17(3)18-8-6-16(2)7-9-18)26-10-11-27-20(15-26)19-13-24-25(4)14-19;/h6-9,13-14,17,20H,5,10-12,15H2,1-4H3,(H,22,23);1H. The van der Waals surface area contributed by atoms with Gasteiger partial charge in [0.25, 0.3) is 0 Å². The van der Waals surface area contributed by atoms with Crippen molar-refractivity contribution in [3.63, 3.8) is 0 Å². The van der Waals surface area contributed by atoms with Gasteiger partial charge in [0, 0.05) is 44.4 Å². The molecule has 1 fully saturated rings.